The maximum Gasteiger partial charge on any atom is 0.114 e. The van der Waals surface area contributed by atoms with Crippen LogP contribution >= 0.6 is 11.8 Å². The van der Waals surface area contributed by atoms with Crippen molar-refractivity contribution in [1.82, 2.24) is 0 Å². The molecule has 0 saturated carbocycles. The van der Waals surface area contributed by atoms with Gasteiger partial charge in [0.25, 0.3) is 0 Å². The van der Waals surface area contributed by atoms with Crippen LogP contribution in [0.1, 0.15) is 26.0 Å². The van der Waals surface area contributed by atoms with E-state index in [2.05, 4.69) is 13.8 Å². The molecule has 74 valence electrons. The Balaban J connectivity index is 2.54. The van der Waals surface area contributed by atoms with Crippen molar-refractivity contribution < 1.29 is 4.42 Å². The largest absolute Gasteiger partial charge is 0.468 e. The van der Waals surface area contributed by atoms with Crippen LogP contribution in [-0.2, 0) is 0 Å². The second kappa shape index (κ2) is 4.72. The lowest BCUT2D eigenvalue weighted by molar-refractivity contribution is 0.526. The first kappa shape index (κ1) is 10.7. The van der Waals surface area contributed by atoms with Crippen molar-refractivity contribution in [2.45, 2.75) is 43.4 Å². The van der Waals surface area contributed by atoms with E-state index in [4.69, 9.17) is 10.2 Å². The summed E-state index contributed by atoms with van der Waals surface area (Å²) < 4.78 is 5.22. The first-order valence-corrected chi connectivity index (χ1v) is 5.49. The molecule has 0 saturated heterocycles. The number of thioether (sulfide) groups is 1. The number of hydrogen-bond acceptors (Lipinski definition) is 3. The topological polar surface area (TPSA) is 39.2 Å². The predicted octanol–water partition coefficient (Wildman–Crippen LogP) is 2.81. The second-order valence-electron chi connectivity index (χ2n) is 3.24. The van der Waals surface area contributed by atoms with Crippen molar-refractivity contribution >= 4 is 11.8 Å². The fraction of sp³-hybridized carbons (Fsp3) is 0.600. The molecule has 2 atom stereocenters. The Labute approximate surface area is 83.9 Å². The highest BCUT2D eigenvalue weighted by molar-refractivity contribution is 8.00. The van der Waals surface area contributed by atoms with Gasteiger partial charge in [-0.25, -0.2) is 0 Å². The second-order valence-corrected chi connectivity index (χ2v) is 4.66. The third kappa shape index (κ3) is 2.78. The summed E-state index contributed by atoms with van der Waals surface area (Å²) in [5, 5.41) is 0.446. The van der Waals surface area contributed by atoms with Crippen LogP contribution in [0.2, 0.25) is 0 Å². The van der Waals surface area contributed by atoms with Gasteiger partial charge in [-0.15, -0.1) is 11.8 Å². The highest BCUT2D eigenvalue weighted by Gasteiger charge is 2.13. The minimum Gasteiger partial charge on any atom is -0.468 e. The molecule has 1 aromatic heterocycles. The first-order valence-electron chi connectivity index (χ1n) is 4.61. The van der Waals surface area contributed by atoms with Crippen molar-refractivity contribution in [3.63, 3.8) is 0 Å². The van der Waals surface area contributed by atoms with Crippen LogP contribution in [0.5, 0.6) is 0 Å². The maximum atomic E-state index is 5.93. The first-order chi connectivity index (χ1) is 6.15. The molecule has 3 heteroatoms. The molecule has 2 nitrogen and oxygen atoms in total. The van der Waals surface area contributed by atoms with Crippen LogP contribution < -0.4 is 5.73 Å². The Morgan fingerprint density at radius 2 is 2.31 bits per heavy atom. The van der Waals surface area contributed by atoms with Gasteiger partial charge in [-0.1, -0.05) is 13.8 Å². The molecule has 0 aliphatic heterocycles. The summed E-state index contributed by atoms with van der Waals surface area (Å²) in [5.41, 5.74) is 5.93. The number of hydrogen-bond donors (Lipinski definition) is 1. The van der Waals surface area contributed by atoms with E-state index in [0.717, 1.165) is 12.2 Å². The maximum absolute atomic E-state index is 5.93. The van der Waals surface area contributed by atoms with Gasteiger partial charge >= 0.3 is 0 Å². The van der Waals surface area contributed by atoms with Crippen LogP contribution in [0.4, 0.5) is 0 Å². The molecule has 0 amide bonds. The lowest BCUT2D eigenvalue weighted by Gasteiger charge is -2.16. The third-order valence-electron chi connectivity index (χ3n) is 2.20. The Morgan fingerprint density at radius 1 is 1.62 bits per heavy atom. The molecule has 1 rings (SSSR count). The molecular weight excluding hydrogens is 182 g/mol. The summed E-state index contributed by atoms with van der Waals surface area (Å²) in [4.78, 5) is 1.20. The third-order valence-corrected chi connectivity index (χ3v) is 3.60. The van der Waals surface area contributed by atoms with Crippen LogP contribution in [0.15, 0.2) is 21.6 Å². The van der Waals surface area contributed by atoms with Crippen LogP contribution in [0.3, 0.4) is 0 Å². The molecule has 0 fully saturated rings. The summed E-state index contributed by atoms with van der Waals surface area (Å²) in [6.45, 7) is 6.25. The van der Waals surface area contributed by atoms with Gasteiger partial charge in [0.2, 0.25) is 0 Å². The summed E-state index contributed by atoms with van der Waals surface area (Å²) >= 11 is 1.79. The van der Waals surface area contributed by atoms with Gasteiger partial charge in [0.15, 0.2) is 0 Å². The van der Waals surface area contributed by atoms with Crippen LogP contribution in [0.25, 0.3) is 0 Å². The average molecular weight is 199 g/mol. The Morgan fingerprint density at radius 3 is 2.77 bits per heavy atom. The van der Waals surface area contributed by atoms with Crippen molar-refractivity contribution in [2.24, 2.45) is 5.73 Å². The van der Waals surface area contributed by atoms with Crippen molar-refractivity contribution in [2.75, 3.05) is 0 Å². The van der Waals surface area contributed by atoms with E-state index in [-0.39, 0.29) is 6.04 Å². The van der Waals surface area contributed by atoms with Crippen molar-refractivity contribution in [3.8, 4) is 0 Å². The molecule has 0 aromatic carbocycles. The number of nitrogens with two attached hydrogens (primary N) is 1. The predicted molar refractivity (Wildman–Crippen MR) is 57.0 cm³/mol. The zero-order chi connectivity index (χ0) is 9.84. The molecule has 0 aliphatic carbocycles. The lowest BCUT2D eigenvalue weighted by atomic mass is 10.2. The Kier molecular flexibility index (Phi) is 3.88. The van der Waals surface area contributed by atoms with E-state index in [0.29, 0.717) is 5.25 Å². The summed E-state index contributed by atoms with van der Waals surface area (Å²) in [6.07, 6.45) is 2.74. The average Bonchev–Trinajstić information content (AvgIpc) is 2.50. The number of aryl methyl sites for hydroxylation is 1. The summed E-state index contributed by atoms with van der Waals surface area (Å²) in [6, 6.07) is 2.26. The zero-order valence-corrected chi connectivity index (χ0v) is 9.23. The Hall–Kier alpha value is -0.410. The van der Waals surface area contributed by atoms with E-state index in [1.165, 1.54) is 4.90 Å². The molecule has 13 heavy (non-hydrogen) atoms. The van der Waals surface area contributed by atoms with Gasteiger partial charge in [-0.2, -0.15) is 0 Å². The molecule has 1 aromatic rings. The zero-order valence-electron chi connectivity index (χ0n) is 8.41. The summed E-state index contributed by atoms with van der Waals surface area (Å²) in [7, 11) is 0. The highest BCUT2D eigenvalue weighted by atomic mass is 32.2. The van der Waals surface area contributed by atoms with Gasteiger partial charge in [-0.3, -0.25) is 0 Å². The van der Waals surface area contributed by atoms with E-state index in [1.54, 1.807) is 18.0 Å². The minimum absolute atomic E-state index is 0.263. The van der Waals surface area contributed by atoms with E-state index >= 15 is 0 Å². The molecule has 0 spiro atoms. The monoisotopic (exact) mass is 199 g/mol. The standard InChI is InChI=1S/C10H17NOS/c1-4-9(11)8(3)13-10-5-6-12-7(10)2/h5-6,8-9H,4,11H2,1-3H3. The summed E-state index contributed by atoms with van der Waals surface area (Å²) in [5.74, 6) is 0.986. The molecule has 0 radical (unpaired) electrons. The number of furan rings is 1. The van der Waals surface area contributed by atoms with E-state index in [1.807, 2.05) is 13.0 Å². The molecule has 2 unspecified atom stereocenters. The van der Waals surface area contributed by atoms with Crippen LogP contribution in [0, 0.1) is 6.92 Å². The molecule has 0 bridgehead atoms. The normalized spacial score (nSPS) is 15.7. The van der Waals surface area contributed by atoms with Crippen molar-refractivity contribution in [1.29, 1.82) is 0 Å². The van der Waals surface area contributed by atoms with E-state index < -0.39 is 0 Å². The quantitative estimate of drug-likeness (QED) is 0.758. The van der Waals surface area contributed by atoms with Gasteiger partial charge in [0.05, 0.1) is 6.26 Å². The van der Waals surface area contributed by atoms with Crippen molar-refractivity contribution in [3.05, 3.63) is 18.1 Å². The molecule has 1 heterocycles. The number of rotatable bonds is 4. The van der Waals surface area contributed by atoms with Gasteiger partial charge in [0, 0.05) is 16.2 Å². The van der Waals surface area contributed by atoms with Gasteiger partial charge < -0.3 is 10.2 Å². The molecular formula is C10H17NOS. The minimum atomic E-state index is 0.263. The SMILES string of the molecule is CCC(N)C(C)Sc1ccoc1C. The Bertz CT molecular complexity index is 259. The van der Waals surface area contributed by atoms with Gasteiger partial charge in [-0.05, 0) is 19.4 Å². The van der Waals surface area contributed by atoms with Crippen LogP contribution in [-0.4, -0.2) is 11.3 Å². The highest BCUT2D eigenvalue weighted by Crippen LogP contribution is 2.28. The van der Waals surface area contributed by atoms with E-state index in [9.17, 15) is 0 Å². The lowest BCUT2D eigenvalue weighted by Crippen LogP contribution is -2.29. The fourth-order valence-corrected chi connectivity index (χ4v) is 2.23. The fourth-order valence-electron chi connectivity index (χ4n) is 1.12. The van der Waals surface area contributed by atoms with Gasteiger partial charge in [0.1, 0.15) is 5.76 Å². The molecule has 2 N–H and O–H groups in total. The molecule has 0 aliphatic rings. The smallest absolute Gasteiger partial charge is 0.114 e.